The summed E-state index contributed by atoms with van der Waals surface area (Å²) in [5.41, 5.74) is 9.89. The van der Waals surface area contributed by atoms with Crippen LogP contribution in [-0.4, -0.2) is 29.9 Å². The zero-order valence-corrected chi connectivity index (χ0v) is 12.6. The van der Waals surface area contributed by atoms with Crippen LogP contribution in [-0.2, 0) is 12.8 Å². The fraction of sp³-hybridized carbons (Fsp3) is 0.611. The molecule has 0 spiro atoms. The minimum Gasteiger partial charge on any atom is -0.338 e. The molecule has 2 N–H and O–H groups in total. The molecule has 3 nitrogen and oxygen atoms in total. The lowest BCUT2D eigenvalue weighted by atomic mass is 9.90. The van der Waals surface area contributed by atoms with Gasteiger partial charge >= 0.3 is 0 Å². The molecule has 3 aliphatic rings. The first-order valence-corrected chi connectivity index (χ1v) is 8.39. The lowest BCUT2D eigenvalue weighted by molar-refractivity contribution is 0.0779. The molecule has 2 fully saturated rings. The minimum absolute atomic E-state index is 0.213. The zero-order chi connectivity index (χ0) is 14.4. The fourth-order valence-electron chi connectivity index (χ4n) is 4.52. The van der Waals surface area contributed by atoms with Crippen molar-refractivity contribution in [2.75, 3.05) is 13.1 Å². The number of fused-ring (bicyclic) bond motifs is 2. The number of carbonyl (C=O) groups is 1. The number of aryl methyl sites for hydroxylation is 2. The summed E-state index contributed by atoms with van der Waals surface area (Å²) in [7, 11) is 0. The Morgan fingerprint density at radius 2 is 1.90 bits per heavy atom. The summed E-state index contributed by atoms with van der Waals surface area (Å²) in [6.07, 6.45) is 7.18. The van der Waals surface area contributed by atoms with E-state index in [0.29, 0.717) is 17.9 Å². The van der Waals surface area contributed by atoms with Gasteiger partial charge < -0.3 is 10.6 Å². The zero-order valence-electron chi connectivity index (χ0n) is 12.6. The SMILES string of the molecule is NC1CCC2CN(C(=O)c3ccc4c(c3)CCCC4)CC12. The average Bonchev–Trinajstić information content (AvgIpc) is 3.08. The van der Waals surface area contributed by atoms with Crippen molar-refractivity contribution in [3.63, 3.8) is 0 Å². The summed E-state index contributed by atoms with van der Waals surface area (Å²) < 4.78 is 0. The highest BCUT2D eigenvalue weighted by Crippen LogP contribution is 2.37. The Morgan fingerprint density at radius 1 is 1.10 bits per heavy atom. The Bertz CT molecular complexity index is 568. The third kappa shape index (κ3) is 2.28. The van der Waals surface area contributed by atoms with Crippen LogP contribution in [0.1, 0.15) is 47.2 Å². The van der Waals surface area contributed by atoms with Crippen LogP contribution in [0.2, 0.25) is 0 Å². The highest BCUT2D eigenvalue weighted by Gasteiger charge is 2.42. The largest absolute Gasteiger partial charge is 0.338 e. The van der Waals surface area contributed by atoms with Crippen LogP contribution in [0.5, 0.6) is 0 Å². The van der Waals surface area contributed by atoms with Gasteiger partial charge in [-0.25, -0.2) is 0 Å². The Kier molecular flexibility index (Phi) is 3.26. The van der Waals surface area contributed by atoms with Crippen molar-refractivity contribution in [2.45, 2.75) is 44.6 Å². The molecule has 1 aliphatic heterocycles. The van der Waals surface area contributed by atoms with E-state index in [0.717, 1.165) is 31.5 Å². The van der Waals surface area contributed by atoms with Gasteiger partial charge in [-0.1, -0.05) is 6.07 Å². The third-order valence-corrected chi connectivity index (χ3v) is 5.79. The van der Waals surface area contributed by atoms with E-state index in [9.17, 15) is 4.79 Å². The number of hydrogen-bond donors (Lipinski definition) is 1. The number of nitrogens with two attached hydrogens (primary N) is 1. The van der Waals surface area contributed by atoms with Crippen LogP contribution in [0.4, 0.5) is 0 Å². The quantitative estimate of drug-likeness (QED) is 0.860. The lowest BCUT2D eigenvalue weighted by Crippen LogP contribution is -2.33. The molecule has 1 aromatic carbocycles. The molecule has 3 unspecified atom stereocenters. The first-order chi connectivity index (χ1) is 10.2. The van der Waals surface area contributed by atoms with Gasteiger partial charge in [0.25, 0.3) is 5.91 Å². The molecule has 0 radical (unpaired) electrons. The second-order valence-electron chi connectivity index (χ2n) is 7.07. The summed E-state index contributed by atoms with van der Waals surface area (Å²) in [5, 5.41) is 0. The van der Waals surface area contributed by atoms with Gasteiger partial charge in [-0.2, -0.15) is 0 Å². The van der Waals surface area contributed by atoms with Gasteiger partial charge in [0, 0.05) is 24.7 Å². The van der Waals surface area contributed by atoms with Gasteiger partial charge in [0.2, 0.25) is 0 Å². The van der Waals surface area contributed by atoms with Crippen LogP contribution < -0.4 is 5.73 Å². The van der Waals surface area contributed by atoms with Gasteiger partial charge in [-0.15, -0.1) is 0 Å². The fourth-order valence-corrected chi connectivity index (χ4v) is 4.52. The summed E-state index contributed by atoms with van der Waals surface area (Å²) in [6, 6.07) is 6.65. The molecular weight excluding hydrogens is 260 g/mol. The molecule has 3 heteroatoms. The van der Waals surface area contributed by atoms with Crippen molar-refractivity contribution in [1.29, 1.82) is 0 Å². The molecule has 1 heterocycles. The van der Waals surface area contributed by atoms with Crippen LogP contribution in [0.25, 0.3) is 0 Å². The molecule has 1 aromatic rings. The van der Waals surface area contributed by atoms with E-state index in [2.05, 4.69) is 12.1 Å². The summed E-state index contributed by atoms with van der Waals surface area (Å²) in [4.78, 5) is 14.8. The van der Waals surface area contributed by atoms with Crippen molar-refractivity contribution in [3.05, 3.63) is 34.9 Å². The molecule has 0 aromatic heterocycles. The summed E-state index contributed by atoms with van der Waals surface area (Å²) >= 11 is 0. The molecule has 1 saturated carbocycles. The van der Waals surface area contributed by atoms with Crippen molar-refractivity contribution < 1.29 is 4.79 Å². The topological polar surface area (TPSA) is 46.3 Å². The van der Waals surface area contributed by atoms with Gasteiger partial charge in [0.05, 0.1) is 0 Å². The minimum atomic E-state index is 0.213. The standard InChI is InChI=1S/C18H24N2O/c19-17-8-7-15-10-20(11-16(15)17)18(21)14-6-5-12-3-1-2-4-13(12)9-14/h5-6,9,15-17H,1-4,7-8,10-11,19H2. The van der Waals surface area contributed by atoms with Crippen molar-refractivity contribution in [2.24, 2.45) is 17.6 Å². The number of nitrogens with zero attached hydrogens (tertiary/aromatic N) is 1. The second kappa shape index (κ2) is 5.13. The number of hydrogen-bond acceptors (Lipinski definition) is 2. The average molecular weight is 284 g/mol. The van der Waals surface area contributed by atoms with Gasteiger partial charge in [0.15, 0.2) is 0 Å². The molecule has 112 valence electrons. The molecule has 2 aliphatic carbocycles. The number of benzene rings is 1. The Hall–Kier alpha value is -1.35. The first-order valence-electron chi connectivity index (χ1n) is 8.39. The second-order valence-corrected chi connectivity index (χ2v) is 7.07. The maximum absolute atomic E-state index is 12.8. The van der Waals surface area contributed by atoms with Crippen LogP contribution >= 0.6 is 0 Å². The molecular formula is C18H24N2O. The number of rotatable bonds is 1. The highest BCUT2D eigenvalue weighted by molar-refractivity contribution is 5.94. The summed E-state index contributed by atoms with van der Waals surface area (Å²) in [5.74, 6) is 1.39. The third-order valence-electron chi connectivity index (χ3n) is 5.79. The van der Waals surface area contributed by atoms with Crippen molar-refractivity contribution >= 4 is 5.91 Å². The Labute approximate surface area is 126 Å². The Balaban J connectivity index is 1.53. The maximum Gasteiger partial charge on any atom is 0.253 e. The Morgan fingerprint density at radius 3 is 2.71 bits per heavy atom. The molecule has 4 rings (SSSR count). The van der Waals surface area contributed by atoms with Crippen LogP contribution in [0.3, 0.4) is 0 Å². The summed E-state index contributed by atoms with van der Waals surface area (Å²) in [6.45, 7) is 1.77. The first kappa shape index (κ1) is 13.3. The van der Waals surface area contributed by atoms with E-state index in [1.807, 2.05) is 11.0 Å². The van der Waals surface area contributed by atoms with Crippen LogP contribution in [0, 0.1) is 11.8 Å². The van der Waals surface area contributed by atoms with Gasteiger partial charge in [0.1, 0.15) is 0 Å². The van der Waals surface area contributed by atoms with E-state index < -0.39 is 0 Å². The van der Waals surface area contributed by atoms with Crippen molar-refractivity contribution in [3.8, 4) is 0 Å². The monoisotopic (exact) mass is 284 g/mol. The van der Waals surface area contributed by atoms with E-state index in [1.165, 1.54) is 36.8 Å². The number of likely N-dealkylation sites (tertiary alicyclic amines) is 1. The van der Waals surface area contributed by atoms with E-state index in [1.54, 1.807) is 0 Å². The predicted octanol–water partition coefficient (Wildman–Crippen LogP) is 2.37. The van der Waals surface area contributed by atoms with Crippen LogP contribution in [0.15, 0.2) is 18.2 Å². The molecule has 0 bridgehead atoms. The van der Waals surface area contributed by atoms with Gasteiger partial charge in [-0.3, -0.25) is 4.79 Å². The van der Waals surface area contributed by atoms with E-state index in [4.69, 9.17) is 5.73 Å². The number of carbonyl (C=O) groups excluding carboxylic acids is 1. The molecule has 3 atom stereocenters. The maximum atomic E-state index is 12.8. The number of amides is 1. The molecule has 1 amide bonds. The van der Waals surface area contributed by atoms with E-state index in [-0.39, 0.29) is 5.91 Å². The molecule has 1 saturated heterocycles. The molecule has 21 heavy (non-hydrogen) atoms. The lowest BCUT2D eigenvalue weighted by Gasteiger charge is -2.21. The highest BCUT2D eigenvalue weighted by atomic mass is 16.2. The predicted molar refractivity (Wildman–Crippen MR) is 83.2 cm³/mol. The normalized spacial score (nSPS) is 31.1. The van der Waals surface area contributed by atoms with Gasteiger partial charge in [-0.05, 0) is 73.6 Å². The van der Waals surface area contributed by atoms with E-state index >= 15 is 0 Å². The smallest absolute Gasteiger partial charge is 0.253 e. The van der Waals surface area contributed by atoms with Crippen molar-refractivity contribution in [1.82, 2.24) is 4.90 Å².